The van der Waals surface area contributed by atoms with E-state index in [1.54, 1.807) is 0 Å². The van der Waals surface area contributed by atoms with Gasteiger partial charge in [0.15, 0.2) is 0 Å². The van der Waals surface area contributed by atoms with Gasteiger partial charge >= 0.3 is 0 Å². The van der Waals surface area contributed by atoms with E-state index in [0.717, 1.165) is 19.0 Å². The lowest BCUT2D eigenvalue weighted by Crippen LogP contribution is -2.58. The summed E-state index contributed by atoms with van der Waals surface area (Å²) in [5.74, 6) is 1.36. The summed E-state index contributed by atoms with van der Waals surface area (Å²) in [4.78, 5) is 2.42. The molecule has 1 fully saturated rings. The number of aliphatic hydroxyl groups excluding tert-OH is 1. The van der Waals surface area contributed by atoms with Crippen LogP contribution >= 0.6 is 0 Å². The van der Waals surface area contributed by atoms with E-state index < -0.39 is 0 Å². The summed E-state index contributed by atoms with van der Waals surface area (Å²) in [6, 6.07) is 0.369. The van der Waals surface area contributed by atoms with Crippen LogP contribution in [-0.2, 0) is 0 Å². The molecular weight excluding hydrogens is 174 g/mol. The Morgan fingerprint density at radius 2 is 1.79 bits per heavy atom. The molecule has 1 heterocycles. The Labute approximate surface area is 88.3 Å². The van der Waals surface area contributed by atoms with Gasteiger partial charge in [0, 0.05) is 19.1 Å². The first-order valence-corrected chi connectivity index (χ1v) is 5.71. The standard InChI is InChI=1S/C12H25NO/c1-9(2)11(8-14)13-6-10(7-13)12(3,4)5/h9-11,14H,6-8H2,1-5H3. The fraction of sp³-hybridized carbons (Fsp3) is 1.00. The first-order valence-electron chi connectivity index (χ1n) is 5.71. The van der Waals surface area contributed by atoms with Crippen molar-refractivity contribution in [3.8, 4) is 0 Å². The second-order valence-corrected chi connectivity index (χ2v) is 6.01. The number of likely N-dealkylation sites (tertiary alicyclic amines) is 1. The van der Waals surface area contributed by atoms with E-state index >= 15 is 0 Å². The van der Waals surface area contributed by atoms with Crippen LogP contribution < -0.4 is 0 Å². The van der Waals surface area contributed by atoms with Crippen molar-refractivity contribution in [3.05, 3.63) is 0 Å². The third-order valence-corrected chi connectivity index (χ3v) is 3.56. The molecule has 1 saturated heterocycles. The third kappa shape index (κ3) is 2.48. The van der Waals surface area contributed by atoms with Crippen molar-refractivity contribution in [2.24, 2.45) is 17.3 Å². The van der Waals surface area contributed by atoms with Gasteiger partial charge in [-0.1, -0.05) is 34.6 Å². The molecule has 0 aliphatic carbocycles. The maximum Gasteiger partial charge on any atom is 0.0589 e. The van der Waals surface area contributed by atoms with Crippen molar-refractivity contribution in [2.45, 2.75) is 40.7 Å². The number of rotatable bonds is 3. The van der Waals surface area contributed by atoms with Crippen molar-refractivity contribution in [2.75, 3.05) is 19.7 Å². The van der Waals surface area contributed by atoms with Crippen LogP contribution in [0, 0.1) is 17.3 Å². The summed E-state index contributed by atoms with van der Waals surface area (Å²) in [6.07, 6.45) is 0. The molecule has 1 aliphatic heterocycles. The maximum atomic E-state index is 9.28. The highest BCUT2D eigenvalue weighted by Crippen LogP contribution is 2.35. The second-order valence-electron chi connectivity index (χ2n) is 6.01. The van der Waals surface area contributed by atoms with Gasteiger partial charge in [0.1, 0.15) is 0 Å². The lowest BCUT2D eigenvalue weighted by Gasteiger charge is -2.50. The van der Waals surface area contributed by atoms with Crippen molar-refractivity contribution in [1.82, 2.24) is 4.90 Å². The summed E-state index contributed by atoms with van der Waals surface area (Å²) in [6.45, 7) is 13.9. The van der Waals surface area contributed by atoms with Crippen LogP contribution in [0.1, 0.15) is 34.6 Å². The van der Waals surface area contributed by atoms with Gasteiger partial charge in [-0.15, -0.1) is 0 Å². The van der Waals surface area contributed by atoms with Crippen LogP contribution in [0.3, 0.4) is 0 Å². The van der Waals surface area contributed by atoms with Crippen LogP contribution in [-0.4, -0.2) is 35.7 Å². The van der Waals surface area contributed by atoms with Gasteiger partial charge in [-0.25, -0.2) is 0 Å². The zero-order chi connectivity index (χ0) is 10.9. The Hall–Kier alpha value is -0.0800. The highest BCUT2D eigenvalue weighted by atomic mass is 16.3. The number of aliphatic hydroxyl groups is 1. The molecule has 14 heavy (non-hydrogen) atoms. The van der Waals surface area contributed by atoms with Crippen molar-refractivity contribution in [1.29, 1.82) is 0 Å². The zero-order valence-electron chi connectivity index (χ0n) is 10.2. The maximum absolute atomic E-state index is 9.28. The molecule has 0 spiro atoms. The molecular formula is C12H25NO. The Kier molecular flexibility index (Phi) is 3.59. The molecule has 1 N–H and O–H groups in total. The first-order chi connectivity index (χ1) is 6.36. The van der Waals surface area contributed by atoms with Gasteiger partial charge < -0.3 is 5.11 Å². The fourth-order valence-electron chi connectivity index (χ4n) is 2.08. The first kappa shape index (κ1) is 12.0. The molecule has 0 saturated carbocycles. The van der Waals surface area contributed by atoms with Crippen LogP contribution in [0.5, 0.6) is 0 Å². The van der Waals surface area contributed by atoms with Crippen molar-refractivity contribution in [3.63, 3.8) is 0 Å². The Bertz CT molecular complexity index is 177. The average molecular weight is 199 g/mol. The van der Waals surface area contributed by atoms with Crippen LogP contribution in [0.2, 0.25) is 0 Å². The lowest BCUT2D eigenvalue weighted by atomic mass is 9.75. The predicted octanol–water partition coefficient (Wildman–Crippen LogP) is 1.98. The zero-order valence-corrected chi connectivity index (χ0v) is 10.2. The number of nitrogens with zero attached hydrogens (tertiary/aromatic N) is 1. The summed E-state index contributed by atoms with van der Waals surface area (Å²) < 4.78 is 0. The van der Waals surface area contributed by atoms with Gasteiger partial charge in [-0.2, -0.15) is 0 Å². The molecule has 0 bridgehead atoms. The topological polar surface area (TPSA) is 23.5 Å². The molecule has 0 aromatic carbocycles. The highest BCUT2D eigenvalue weighted by Gasteiger charge is 2.39. The minimum Gasteiger partial charge on any atom is -0.395 e. The fourth-order valence-corrected chi connectivity index (χ4v) is 2.08. The van der Waals surface area contributed by atoms with E-state index in [-0.39, 0.29) is 0 Å². The Morgan fingerprint density at radius 1 is 1.29 bits per heavy atom. The highest BCUT2D eigenvalue weighted by molar-refractivity contribution is 4.91. The monoisotopic (exact) mass is 199 g/mol. The van der Waals surface area contributed by atoms with Gasteiger partial charge in [0.25, 0.3) is 0 Å². The molecule has 2 nitrogen and oxygen atoms in total. The molecule has 2 heteroatoms. The Morgan fingerprint density at radius 3 is 2.07 bits per heavy atom. The van der Waals surface area contributed by atoms with Crippen LogP contribution in [0.25, 0.3) is 0 Å². The van der Waals surface area contributed by atoms with E-state index in [9.17, 15) is 5.11 Å². The molecule has 1 aliphatic rings. The minimum atomic E-state index is 0.300. The summed E-state index contributed by atoms with van der Waals surface area (Å²) in [7, 11) is 0. The molecule has 1 unspecified atom stereocenters. The van der Waals surface area contributed by atoms with Gasteiger partial charge in [0.05, 0.1) is 6.61 Å². The second kappa shape index (κ2) is 4.19. The molecule has 0 aromatic rings. The normalized spacial score (nSPS) is 22.5. The number of hydrogen-bond donors (Lipinski definition) is 1. The smallest absolute Gasteiger partial charge is 0.0589 e. The van der Waals surface area contributed by atoms with Crippen molar-refractivity contribution < 1.29 is 5.11 Å². The molecule has 0 aromatic heterocycles. The lowest BCUT2D eigenvalue weighted by molar-refractivity contribution is -0.0378. The van der Waals surface area contributed by atoms with E-state index in [2.05, 4.69) is 39.5 Å². The summed E-state index contributed by atoms with van der Waals surface area (Å²) in [5, 5.41) is 9.28. The molecule has 0 radical (unpaired) electrons. The minimum absolute atomic E-state index is 0.300. The van der Waals surface area contributed by atoms with Crippen LogP contribution in [0.15, 0.2) is 0 Å². The number of hydrogen-bond acceptors (Lipinski definition) is 2. The van der Waals surface area contributed by atoms with E-state index in [1.807, 2.05) is 0 Å². The Balaban J connectivity index is 2.40. The third-order valence-electron chi connectivity index (χ3n) is 3.56. The molecule has 0 amide bonds. The largest absolute Gasteiger partial charge is 0.395 e. The molecule has 84 valence electrons. The molecule has 1 atom stereocenters. The predicted molar refractivity (Wildman–Crippen MR) is 60.2 cm³/mol. The van der Waals surface area contributed by atoms with Gasteiger partial charge in [-0.05, 0) is 17.3 Å². The van der Waals surface area contributed by atoms with Crippen LogP contribution in [0.4, 0.5) is 0 Å². The molecule has 1 rings (SSSR count). The SMILES string of the molecule is CC(C)C(CO)N1CC(C(C)(C)C)C1. The average Bonchev–Trinajstić information content (AvgIpc) is 1.91. The summed E-state index contributed by atoms with van der Waals surface area (Å²) in [5.41, 5.74) is 0.424. The van der Waals surface area contributed by atoms with E-state index in [1.165, 1.54) is 0 Å². The van der Waals surface area contributed by atoms with E-state index in [0.29, 0.717) is 24.0 Å². The van der Waals surface area contributed by atoms with Crippen molar-refractivity contribution >= 4 is 0 Å². The van der Waals surface area contributed by atoms with E-state index in [4.69, 9.17) is 0 Å². The summed E-state index contributed by atoms with van der Waals surface area (Å²) >= 11 is 0. The van der Waals surface area contributed by atoms with Gasteiger partial charge in [-0.3, -0.25) is 4.90 Å². The quantitative estimate of drug-likeness (QED) is 0.751. The van der Waals surface area contributed by atoms with Gasteiger partial charge in [0.2, 0.25) is 0 Å².